The molecule has 100 valence electrons. The summed E-state index contributed by atoms with van der Waals surface area (Å²) in [6.07, 6.45) is 2.36. The van der Waals surface area contributed by atoms with Crippen LogP contribution in [0.25, 0.3) is 0 Å². The third kappa shape index (κ3) is 2.98. The van der Waals surface area contributed by atoms with Gasteiger partial charge in [0.1, 0.15) is 6.10 Å². The summed E-state index contributed by atoms with van der Waals surface area (Å²) < 4.78 is 0. The number of nitrogens with zero attached hydrogens (tertiary/aromatic N) is 2. The van der Waals surface area contributed by atoms with Crippen molar-refractivity contribution in [2.45, 2.75) is 25.6 Å². The highest BCUT2D eigenvalue weighted by Gasteiger charge is 2.18. The lowest BCUT2D eigenvalue weighted by molar-refractivity contribution is 0.0163. The van der Waals surface area contributed by atoms with Gasteiger partial charge in [-0.2, -0.15) is 0 Å². The van der Waals surface area contributed by atoms with Crippen LogP contribution in [-0.2, 0) is 0 Å². The number of piperazine rings is 1. The fraction of sp³-hybridized carbons (Fsp3) is 0.615. The van der Waals surface area contributed by atoms with E-state index in [0.717, 1.165) is 31.9 Å². The maximum absolute atomic E-state index is 9.99. The van der Waals surface area contributed by atoms with Gasteiger partial charge in [-0.15, -0.1) is 0 Å². The molecule has 18 heavy (non-hydrogen) atoms. The van der Waals surface area contributed by atoms with E-state index >= 15 is 0 Å². The minimum Gasteiger partial charge on any atom is -0.390 e. The highest BCUT2D eigenvalue weighted by molar-refractivity contribution is 5.47. The van der Waals surface area contributed by atoms with E-state index in [4.69, 9.17) is 0 Å². The minimum absolute atomic E-state index is 0.527. The van der Waals surface area contributed by atoms with Crippen molar-refractivity contribution in [2.75, 3.05) is 31.1 Å². The average Bonchev–Trinajstić information content (AvgIpc) is 2.46. The van der Waals surface area contributed by atoms with Crippen molar-refractivity contribution in [2.24, 2.45) is 0 Å². The summed E-state index contributed by atoms with van der Waals surface area (Å²) in [6, 6.07) is 1.92. The van der Waals surface area contributed by atoms with Crippen molar-refractivity contribution in [1.82, 2.24) is 10.3 Å². The van der Waals surface area contributed by atoms with E-state index in [1.54, 1.807) is 12.4 Å². The minimum atomic E-state index is -0.856. The molecule has 5 nitrogen and oxygen atoms in total. The molecule has 2 unspecified atom stereocenters. The van der Waals surface area contributed by atoms with Gasteiger partial charge in [-0.25, -0.2) is 0 Å². The van der Waals surface area contributed by atoms with Crippen LogP contribution in [0.2, 0.25) is 0 Å². The number of aliphatic hydroxyl groups is 2. The summed E-state index contributed by atoms with van der Waals surface area (Å²) in [5, 5.41) is 23.0. The number of hydrogen-bond donors (Lipinski definition) is 3. The fourth-order valence-electron chi connectivity index (χ4n) is 2.15. The molecule has 0 bridgehead atoms. The predicted molar refractivity (Wildman–Crippen MR) is 70.6 cm³/mol. The second kappa shape index (κ2) is 6.13. The summed E-state index contributed by atoms with van der Waals surface area (Å²) in [6.45, 7) is 5.66. The van der Waals surface area contributed by atoms with Crippen molar-refractivity contribution in [3.63, 3.8) is 0 Å². The lowest BCUT2D eigenvalue weighted by atomic mass is 10.0. The van der Waals surface area contributed by atoms with E-state index in [9.17, 15) is 10.2 Å². The first-order chi connectivity index (χ1) is 8.72. The lowest BCUT2D eigenvalue weighted by Gasteiger charge is -2.29. The number of nitrogens with one attached hydrogen (secondary N) is 1. The van der Waals surface area contributed by atoms with Crippen LogP contribution in [0.5, 0.6) is 0 Å². The molecule has 0 amide bonds. The molecule has 2 rings (SSSR count). The van der Waals surface area contributed by atoms with Crippen LogP contribution in [-0.4, -0.2) is 47.5 Å². The predicted octanol–water partition coefficient (Wildman–Crippen LogP) is 0.295. The molecule has 1 saturated heterocycles. The molecule has 0 radical (unpaired) electrons. The summed E-state index contributed by atoms with van der Waals surface area (Å²) >= 11 is 0. The summed E-state index contributed by atoms with van der Waals surface area (Å²) in [7, 11) is 0. The van der Waals surface area contributed by atoms with Gasteiger partial charge in [0.2, 0.25) is 0 Å². The summed E-state index contributed by atoms with van der Waals surface area (Å²) in [5.74, 6) is 0. The molecule has 2 heterocycles. The molecule has 1 aliphatic rings. The maximum atomic E-state index is 9.99. The first kappa shape index (κ1) is 13.3. The Balaban J connectivity index is 2.13. The van der Waals surface area contributed by atoms with Gasteiger partial charge in [0.25, 0.3) is 0 Å². The molecule has 0 spiro atoms. The highest BCUT2D eigenvalue weighted by Crippen LogP contribution is 2.22. The highest BCUT2D eigenvalue weighted by atomic mass is 16.3. The number of pyridine rings is 1. The Morgan fingerprint density at radius 1 is 1.33 bits per heavy atom. The van der Waals surface area contributed by atoms with Crippen LogP contribution < -0.4 is 10.2 Å². The molecule has 3 N–H and O–H groups in total. The zero-order valence-corrected chi connectivity index (χ0v) is 10.7. The Bertz CT molecular complexity index is 363. The number of aliphatic hydroxyl groups excluding tert-OH is 2. The topological polar surface area (TPSA) is 68.6 Å². The summed E-state index contributed by atoms with van der Waals surface area (Å²) in [4.78, 5) is 6.40. The molecular weight excluding hydrogens is 230 g/mol. The van der Waals surface area contributed by atoms with Crippen LogP contribution in [0.4, 0.5) is 5.69 Å². The Labute approximate surface area is 107 Å². The third-order valence-electron chi connectivity index (χ3n) is 3.35. The van der Waals surface area contributed by atoms with Gasteiger partial charge < -0.3 is 20.4 Å². The van der Waals surface area contributed by atoms with E-state index in [-0.39, 0.29) is 0 Å². The van der Waals surface area contributed by atoms with E-state index in [0.29, 0.717) is 12.0 Å². The molecular formula is C13H21N3O2. The lowest BCUT2D eigenvalue weighted by Crippen LogP contribution is -2.43. The van der Waals surface area contributed by atoms with Crippen LogP contribution in [0.3, 0.4) is 0 Å². The smallest absolute Gasteiger partial charge is 0.106 e. The molecule has 0 aliphatic carbocycles. The SMILES string of the molecule is CCC(O)C(O)c1cncc(N2CCNCC2)c1. The van der Waals surface area contributed by atoms with Gasteiger partial charge in [0.15, 0.2) is 0 Å². The zero-order valence-electron chi connectivity index (χ0n) is 10.7. The van der Waals surface area contributed by atoms with E-state index in [1.165, 1.54) is 0 Å². The third-order valence-corrected chi connectivity index (χ3v) is 3.35. The van der Waals surface area contributed by atoms with Gasteiger partial charge >= 0.3 is 0 Å². The van der Waals surface area contributed by atoms with Crippen molar-refractivity contribution in [3.8, 4) is 0 Å². The normalized spacial score (nSPS) is 19.6. The standard InChI is InChI=1S/C13H21N3O2/c1-2-12(17)13(18)10-7-11(9-15-8-10)16-5-3-14-4-6-16/h7-9,12-14,17-18H,2-6H2,1H3. The maximum Gasteiger partial charge on any atom is 0.106 e. The quantitative estimate of drug-likeness (QED) is 0.718. The van der Waals surface area contributed by atoms with Crippen molar-refractivity contribution < 1.29 is 10.2 Å². The molecule has 0 saturated carbocycles. The molecule has 1 fully saturated rings. The van der Waals surface area contributed by atoms with Crippen LogP contribution in [0, 0.1) is 0 Å². The van der Waals surface area contributed by atoms with E-state index in [1.807, 2.05) is 13.0 Å². The van der Waals surface area contributed by atoms with Crippen LogP contribution >= 0.6 is 0 Å². The van der Waals surface area contributed by atoms with Crippen molar-refractivity contribution in [3.05, 3.63) is 24.0 Å². The van der Waals surface area contributed by atoms with Gasteiger partial charge in [-0.3, -0.25) is 4.98 Å². The van der Waals surface area contributed by atoms with Gasteiger partial charge in [0, 0.05) is 37.9 Å². The molecule has 2 atom stereocenters. The Morgan fingerprint density at radius 2 is 2.06 bits per heavy atom. The van der Waals surface area contributed by atoms with Gasteiger partial charge in [0.05, 0.1) is 18.0 Å². The average molecular weight is 251 g/mol. The zero-order chi connectivity index (χ0) is 13.0. The summed E-state index contributed by atoms with van der Waals surface area (Å²) in [5.41, 5.74) is 1.69. The first-order valence-electron chi connectivity index (χ1n) is 6.49. The monoisotopic (exact) mass is 251 g/mol. The van der Waals surface area contributed by atoms with Gasteiger partial charge in [-0.05, 0) is 12.5 Å². The number of anilines is 1. The molecule has 5 heteroatoms. The van der Waals surface area contributed by atoms with E-state index in [2.05, 4.69) is 15.2 Å². The second-order valence-electron chi connectivity index (χ2n) is 4.63. The Morgan fingerprint density at radius 3 is 2.72 bits per heavy atom. The second-order valence-corrected chi connectivity index (χ2v) is 4.63. The van der Waals surface area contributed by atoms with E-state index < -0.39 is 12.2 Å². The Kier molecular flexibility index (Phi) is 4.52. The van der Waals surface area contributed by atoms with Gasteiger partial charge in [-0.1, -0.05) is 6.92 Å². The Hall–Kier alpha value is -1.17. The largest absolute Gasteiger partial charge is 0.390 e. The van der Waals surface area contributed by atoms with Crippen LogP contribution in [0.15, 0.2) is 18.5 Å². The first-order valence-corrected chi connectivity index (χ1v) is 6.49. The van der Waals surface area contributed by atoms with Crippen molar-refractivity contribution >= 4 is 5.69 Å². The molecule has 1 aromatic heterocycles. The molecule has 1 aromatic rings. The molecule has 1 aliphatic heterocycles. The van der Waals surface area contributed by atoms with Crippen LogP contribution in [0.1, 0.15) is 25.0 Å². The number of rotatable bonds is 4. The fourth-order valence-corrected chi connectivity index (χ4v) is 2.15. The number of aromatic nitrogens is 1. The van der Waals surface area contributed by atoms with Crippen molar-refractivity contribution in [1.29, 1.82) is 0 Å². The molecule has 0 aromatic carbocycles. The number of hydrogen-bond acceptors (Lipinski definition) is 5.